The summed E-state index contributed by atoms with van der Waals surface area (Å²) in [5.41, 5.74) is 1.12. The van der Waals surface area contributed by atoms with E-state index in [2.05, 4.69) is 0 Å². The Balaban J connectivity index is 1.97. The fraction of sp³-hybridized carbons (Fsp3) is 0.0714. The van der Waals surface area contributed by atoms with E-state index in [0.29, 0.717) is 11.1 Å². The van der Waals surface area contributed by atoms with E-state index in [1.54, 1.807) is 36.4 Å². The molecule has 3 heteroatoms. The molecule has 0 amide bonds. The average molecular weight is 230 g/mol. The normalized spacial score (nSPS) is 9.94. The molecule has 0 aromatic heterocycles. The lowest BCUT2D eigenvalue weighted by Gasteiger charge is -2.04. The van der Waals surface area contributed by atoms with Gasteiger partial charge in [0.05, 0.1) is 5.56 Å². The third-order valence-corrected chi connectivity index (χ3v) is 2.27. The highest BCUT2D eigenvalue weighted by atomic mass is 19.1. The number of esters is 1. The summed E-state index contributed by atoms with van der Waals surface area (Å²) in [4.78, 5) is 11.6. The molecule has 0 aliphatic heterocycles. The van der Waals surface area contributed by atoms with Crippen LogP contribution in [-0.4, -0.2) is 5.97 Å². The maximum absolute atomic E-state index is 12.9. The quantitative estimate of drug-likeness (QED) is 0.757. The largest absolute Gasteiger partial charge is 0.457 e. The first kappa shape index (κ1) is 11.3. The summed E-state index contributed by atoms with van der Waals surface area (Å²) in [5, 5.41) is 0. The van der Waals surface area contributed by atoms with Crippen LogP contribution in [0.2, 0.25) is 0 Å². The molecule has 0 fully saturated rings. The maximum atomic E-state index is 12.9. The van der Waals surface area contributed by atoms with E-state index >= 15 is 0 Å². The number of ether oxygens (including phenoxy) is 1. The molecule has 0 radical (unpaired) electrons. The van der Waals surface area contributed by atoms with Gasteiger partial charge in [0.2, 0.25) is 0 Å². The molecule has 0 spiro atoms. The van der Waals surface area contributed by atoms with E-state index in [1.165, 1.54) is 12.1 Å². The summed E-state index contributed by atoms with van der Waals surface area (Å²) in [6.07, 6.45) is 0. The van der Waals surface area contributed by atoms with Gasteiger partial charge in [-0.05, 0) is 29.8 Å². The van der Waals surface area contributed by atoms with Crippen LogP contribution in [-0.2, 0) is 11.3 Å². The third kappa shape index (κ3) is 3.14. The van der Waals surface area contributed by atoms with E-state index in [4.69, 9.17) is 4.74 Å². The van der Waals surface area contributed by atoms with E-state index in [1.807, 2.05) is 6.07 Å². The summed E-state index contributed by atoms with van der Waals surface area (Å²) >= 11 is 0. The first-order valence-electron chi connectivity index (χ1n) is 5.22. The first-order chi connectivity index (χ1) is 8.25. The van der Waals surface area contributed by atoms with Crippen molar-refractivity contribution in [2.24, 2.45) is 0 Å². The molecule has 0 heterocycles. The van der Waals surface area contributed by atoms with E-state index in [0.717, 1.165) is 0 Å². The summed E-state index contributed by atoms with van der Waals surface area (Å²) in [6.45, 7) is 0.0749. The van der Waals surface area contributed by atoms with Crippen LogP contribution in [0.3, 0.4) is 0 Å². The Morgan fingerprint density at radius 2 is 1.82 bits per heavy atom. The predicted molar refractivity (Wildman–Crippen MR) is 62.0 cm³/mol. The van der Waals surface area contributed by atoms with Crippen LogP contribution < -0.4 is 0 Å². The summed E-state index contributed by atoms with van der Waals surface area (Å²) in [5.74, 6) is -0.742. The molecule has 0 saturated carbocycles. The Bertz CT molecular complexity index is 509. The van der Waals surface area contributed by atoms with Crippen molar-refractivity contribution in [3.8, 4) is 0 Å². The monoisotopic (exact) mass is 230 g/mol. The van der Waals surface area contributed by atoms with Crippen LogP contribution in [0, 0.1) is 5.82 Å². The molecule has 0 bridgehead atoms. The lowest BCUT2D eigenvalue weighted by Crippen LogP contribution is -2.04. The van der Waals surface area contributed by atoms with E-state index < -0.39 is 5.97 Å². The van der Waals surface area contributed by atoms with Gasteiger partial charge in [0.15, 0.2) is 0 Å². The predicted octanol–water partition coefficient (Wildman–Crippen LogP) is 3.18. The van der Waals surface area contributed by atoms with Crippen LogP contribution in [0.1, 0.15) is 15.9 Å². The average Bonchev–Trinajstić information content (AvgIpc) is 2.37. The number of rotatable bonds is 3. The Kier molecular flexibility index (Phi) is 3.50. The highest BCUT2D eigenvalue weighted by Crippen LogP contribution is 2.07. The van der Waals surface area contributed by atoms with Gasteiger partial charge in [-0.15, -0.1) is 0 Å². The Labute approximate surface area is 98.7 Å². The third-order valence-electron chi connectivity index (χ3n) is 2.27. The van der Waals surface area contributed by atoms with Gasteiger partial charge in [0.25, 0.3) is 0 Å². The summed E-state index contributed by atoms with van der Waals surface area (Å²) < 4.78 is 17.9. The van der Waals surface area contributed by atoms with Crippen molar-refractivity contribution in [3.05, 3.63) is 71.5 Å². The van der Waals surface area contributed by atoms with Crippen LogP contribution in [0.5, 0.6) is 0 Å². The molecule has 2 aromatic rings. The lowest BCUT2D eigenvalue weighted by molar-refractivity contribution is 0.0472. The molecule has 0 atom stereocenters. The maximum Gasteiger partial charge on any atom is 0.338 e. The zero-order valence-corrected chi connectivity index (χ0v) is 9.10. The van der Waals surface area contributed by atoms with Gasteiger partial charge in [-0.1, -0.05) is 30.3 Å². The molecule has 2 nitrogen and oxygen atoms in total. The number of halogens is 1. The summed E-state index contributed by atoms with van der Waals surface area (Å²) in [6, 6.07) is 14.7. The van der Waals surface area contributed by atoms with Gasteiger partial charge < -0.3 is 4.74 Å². The topological polar surface area (TPSA) is 26.3 Å². The fourth-order valence-corrected chi connectivity index (χ4v) is 1.43. The van der Waals surface area contributed by atoms with Crippen LogP contribution in [0.15, 0.2) is 54.6 Å². The van der Waals surface area contributed by atoms with Gasteiger partial charge in [0, 0.05) is 0 Å². The molecular weight excluding hydrogens is 219 g/mol. The fourth-order valence-electron chi connectivity index (χ4n) is 1.43. The zero-order chi connectivity index (χ0) is 12.1. The van der Waals surface area contributed by atoms with E-state index in [-0.39, 0.29) is 12.4 Å². The Morgan fingerprint density at radius 3 is 2.53 bits per heavy atom. The van der Waals surface area contributed by atoms with Crippen molar-refractivity contribution in [2.75, 3.05) is 0 Å². The zero-order valence-electron chi connectivity index (χ0n) is 9.10. The van der Waals surface area contributed by atoms with Crippen molar-refractivity contribution in [1.29, 1.82) is 0 Å². The highest BCUT2D eigenvalue weighted by Gasteiger charge is 2.06. The highest BCUT2D eigenvalue weighted by molar-refractivity contribution is 5.89. The number of carbonyl (C=O) groups is 1. The molecular formula is C14H11FO2. The number of hydrogen-bond acceptors (Lipinski definition) is 2. The van der Waals surface area contributed by atoms with E-state index in [9.17, 15) is 9.18 Å². The molecule has 0 N–H and O–H groups in total. The second-order valence-electron chi connectivity index (χ2n) is 3.57. The van der Waals surface area contributed by atoms with Gasteiger partial charge in [-0.3, -0.25) is 0 Å². The minimum Gasteiger partial charge on any atom is -0.457 e. The first-order valence-corrected chi connectivity index (χ1v) is 5.22. The van der Waals surface area contributed by atoms with Crippen LogP contribution in [0.4, 0.5) is 4.39 Å². The molecule has 0 aliphatic carbocycles. The molecule has 17 heavy (non-hydrogen) atoms. The van der Waals surface area contributed by atoms with Crippen molar-refractivity contribution in [2.45, 2.75) is 6.61 Å². The van der Waals surface area contributed by atoms with Crippen LogP contribution >= 0.6 is 0 Å². The van der Waals surface area contributed by atoms with Crippen molar-refractivity contribution in [3.63, 3.8) is 0 Å². The van der Waals surface area contributed by atoms with Gasteiger partial charge in [-0.25, -0.2) is 9.18 Å². The number of hydrogen-bond donors (Lipinski definition) is 0. The lowest BCUT2D eigenvalue weighted by atomic mass is 10.2. The molecule has 86 valence electrons. The molecule has 2 rings (SSSR count). The second-order valence-corrected chi connectivity index (χ2v) is 3.57. The summed E-state index contributed by atoms with van der Waals surface area (Å²) in [7, 11) is 0. The molecule has 0 aliphatic rings. The molecule has 2 aromatic carbocycles. The van der Waals surface area contributed by atoms with Crippen molar-refractivity contribution >= 4 is 5.97 Å². The molecule has 0 unspecified atom stereocenters. The standard InChI is InChI=1S/C14H11FO2/c15-13-8-4-5-11(9-13)10-17-14(16)12-6-2-1-3-7-12/h1-9H,10H2. The van der Waals surface area contributed by atoms with Crippen molar-refractivity contribution < 1.29 is 13.9 Å². The Hall–Kier alpha value is -2.16. The molecule has 0 saturated heterocycles. The second kappa shape index (κ2) is 5.25. The van der Waals surface area contributed by atoms with Crippen molar-refractivity contribution in [1.82, 2.24) is 0 Å². The Morgan fingerprint density at radius 1 is 1.06 bits per heavy atom. The smallest absolute Gasteiger partial charge is 0.338 e. The van der Waals surface area contributed by atoms with Gasteiger partial charge in [0.1, 0.15) is 12.4 Å². The number of benzene rings is 2. The van der Waals surface area contributed by atoms with Gasteiger partial charge in [-0.2, -0.15) is 0 Å². The number of carbonyl (C=O) groups excluding carboxylic acids is 1. The minimum atomic E-state index is -0.408. The minimum absolute atomic E-state index is 0.0749. The van der Waals surface area contributed by atoms with Crippen LogP contribution in [0.25, 0.3) is 0 Å². The van der Waals surface area contributed by atoms with Gasteiger partial charge >= 0.3 is 5.97 Å². The SMILES string of the molecule is O=C(OCc1cccc(F)c1)c1ccccc1.